The van der Waals surface area contributed by atoms with Crippen molar-refractivity contribution in [3.05, 3.63) is 99.3 Å². The summed E-state index contributed by atoms with van der Waals surface area (Å²) in [4.78, 5) is 2.52. The first-order valence-electron chi connectivity index (χ1n) is 13.3. The molecule has 0 fully saturated rings. The van der Waals surface area contributed by atoms with Crippen molar-refractivity contribution in [1.29, 1.82) is 10.5 Å². The minimum Gasteiger partial charge on any atom is -0.456 e. The highest BCUT2D eigenvalue weighted by Crippen LogP contribution is 2.46. The molecule has 0 aromatic heterocycles. The number of ether oxygens (including phenoxy) is 1. The molecule has 194 valence electrons. The van der Waals surface area contributed by atoms with Gasteiger partial charge in [0.2, 0.25) is 0 Å². The van der Waals surface area contributed by atoms with Gasteiger partial charge in [0.25, 0.3) is 0 Å². The molecule has 38 heavy (non-hydrogen) atoms. The summed E-state index contributed by atoms with van der Waals surface area (Å²) in [5.41, 5.74) is 7.65. The fourth-order valence-corrected chi connectivity index (χ4v) is 5.29. The summed E-state index contributed by atoms with van der Waals surface area (Å²) < 4.78 is 6.35. The molecule has 0 spiro atoms. The lowest BCUT2D eigenvalue weighted by Crippen LogP contribution is -2.39. The SMILES string of the molecule is CCN1CCC(C)(C)c2cc(/C=C/C3=CC(=C(C#N)C#N)C(C)=C(c4ccccc4)O3)cc(C(C)(C)C)c21. The van der Waals surface area contributed by atoms with Gasteiger partial charge < -0.3 is 9.64 Å². The number of allylic oxidation sites excluding steroid dienone is 5. The molecule has 2 heterocycles. The smallest absolute Gasteiger partial charge is 0.138 e. The molecule has 0 unspecified atom stereocenters. The number of rotatable bonds is 4. The number of hydrogen-bond acceptors (Lipinski definition) is 4. The van der Waals surface area contributed by atoms with E-state index in [0.29, 0.717) is 17.1 Å². The Kier molecular flexibility index (Phi) is 7.39. The summed E-state index contributed by atoms with van der Waals surface area (Å²) in [7, 11) is 0. The van der Waals surface area contributed by atoms with Crippen LogP contribution in [0.2, 0.25) is 0 Å². The van der Waals surface area contributed by atoms with E-state index in [-0.39, 0.29) is 16.4 Å². The Bertz CT molecular complexity index is 1410. The van der Waals surface area contributed by atoms with Crippen LogP contribution in [0.3, 0.4) is 0 Å². The summed E-state index contributed by atoms with van der Waals surface area (Å²) in [6.45, 7) is 17.7. The normalized spacial score (nSPS) is 16.9. The number of nitrogens with zero attached hydrogens (tertiary/aromatic N) is 3. The predicted octanol–water partition coefficient (Wildman–Crippen LogP) is 8.19. The fraction of sp³-hybridized carbons (Fsp3) is 0.353. The van der Waals surface area contributed by atoms with Gasteiger partial charge in [-0.2, -0.15) is 10.5 Å². The van der Waals surface area contributed by atoms with Gasteiger partial charge in [-0.1, -0.05) is 71.0 Å². The molecule has 4 nitrogen and oxygen atoms in total. The van der Waals surface area contributed by atoms with E-state index >= 15 is 0 Å². The standard InChI is InChI=1S/C34H37N3O/c1-8-37-17-16-34(6,7)30-19-24(18-29(31(30)37)33(3,4)5)14-15-27-20-28(26(21-35)22-36)23(2)32(38-27)25-12-10-9-11-13-25/h9-15,18-20H,8,16-17H2,1-7H3/b15-14+. The van der Waals surface area contributed by atoms with Crippen molar-refractivity contribution < 1.29 is 4.74 Å². The average molecular weight is 504 g/mol. The van der Waals surface area contributed by atoms with Gasteiger partial charge in [0.1, 0.15) is 29.2 Å². The Balaban J connectivity index is 1.83. The number of anilines is 1. The van der Waals surface area contributed by atoms with Gasteiger partial charge in [0, 0.05) is 35.5 Å². The molecule has 0 atom stereocenters. The molecule has 2 aromatic carbocycles. The maximum Gasteiger partial charge on any atom is 0.138 e. The van der Waals surface area contributed by atoms with Gasteiger partial charge in [0.15, 0.2) is 0 Å². The molecule has 2 aliphatic rings. The Morgan fingerprint density at radius 2 is 1.76 bits per heavy atom. The lowest BCUT2D eigenvalue weighted by Gasteiger charge is -2.43. The predicted molar refractivity (Wildman–Crippen MR) is 156 cm³/mol. The monoisotopic (exact) mass is 503 g/mol. The third kappa shape index (κ3) is 5.18. The van der Waals surface area contributed by atoms with E-state index < -0.39 is 0 Å². The third-order valence-corrected chi connectivity index (χ3v) is 7.59. The van der Waals surface area contributed by atoms with E-state index in [1.165, 1.54) is 16.8 Å². The van der Waals surface area contributed by atoms with E-state index in [4.69, 9.17) is 4.74 Å². The molecule has 4 rings (SSSR count). The van der Waals surface area contributed by atoms with Crippen molar-refractivity contribution in [3.8, 4) is 12.1 Å². The largest absolute Gasteiger partial charge is 0.456 e. The molecule has 0 amide bonds. The number of benzene rings is 2. The van der Waals surface area contributed by atoms with Gasteiger partial charge in [-0.05, 0) is 72.1 Å². The molecule has 0 saturated heterocycles. The Morgan fingerprint density at radius 1 is 1.08 bits per heavy atom. The Hall–Kier alpha value is -4.02. The molecule has 2 aromatic rings. The van der Waals surface area contributed by atoms with Gasteiger partial charge in [-0.3, -0.25) is 0 Å². The van der Waals surface area contributed by atoms with Gasteiger partial charge in [-0.25, -0.2) is 0 Å². The van der Waals surface area contributed by atoms with E-state index in [2.05, 4.69) is 76.8 Å². The average Bonchev–Trinajstić information content (AvgIpc) is 2.89. The van der Waals surface area contributed by atoms with E-state index in [1.54, 1.807) is 6.08 Å². The Labute approximate surface area is 227 Å². The molecule has 0 bridgehead atoms. The lowest BCUT2D eigenvalue weighted by atomic mass is 9.72. The quantitative estimate of drug-likeness (QED) is 0.395. The highest BCUT2D eigenvalue weighted by atomic mass is 16.5. The third-order valence-electron chi connectivity index (χ3n) is 7.59. The maximum absolute atomic E-state index is 9.61. The van der Waals surface area contributed by atoms with Gasteiger partial charge in [0.05, 0.1) is 0 Å². The molecule has 0 aliphatic carbocycles. The van der Waals surface area contributed by atoms with Gasteiger partial charge >= 0.3 is 0 Å². The van der Waals surface area contributed by atoms with Crippen LogP contribution in [-0.4, -0.2) is 13.1 Å². The topological polar surface area (TPSA) is 60.0 Å². The summed E-state index contributed by atoms with van der Waals surface area (Å²) >= 11 is 0. The maximum atomic E-state index is 9.61. The zero-order chi connectivity index (χ0) is 27.7. The van der Waals surface area contributed by atoms with E-state index in [1.807, 2.05) is 43.3 Å². The van der Waals surface area contributed by atoms with Crippen LogP contribution < -0.4 is 4.90 Å². The summed E-state index contributed by atoms with van der Waals surface area (Å²) in [5, 5.41) is 19.2. The summed E-state index contributed by atoms with van der Waals surface area (Å²) in [5.74, 6) is 1.25. The van der Waals surface area contributed by atoms with Crippen LogP contribution in [0.15, 0.2) is 77.1 Å². The molecular formula is C34H37N3O. The first kappa shape index (κ1) is 27.0. The summed E-state index contributed by atoms with van der Waals surface area (Å²) in [6.07, 6.45) is 6.94. The number of fused-ring (bicyclic) bond motifs is 1. The fourth-order valence-electron chi connectivity index (χ4n) is 5.29. The van der Waals surface area contributed by atoms with Crippen LogP contribution >= 0.6 is 0 Å². The van der Waals surface area contributed by atoms with Crippen molar-refractivity contribution in [2.75, 3.05) is 18.0 Å². The first-order chi connectivity index (χ1) is 18.0. The highest BCUT2D eigenvalue weighted by Gasteiger charge is 2.35. The molecule has 0 N–H and O–H groups in total. The zero-order valence-electron chi connectivity index (χ0n) is 23.6. The second-order valence-corrected chi connectivity index (χ2v) is 11.7. The molecular weight excluding hydrogens is 466 g/mol. The van der Waals surface area contributed by atoms with Gasteiger partial charge in [-0.15, -0.1) is 0 Å². The van der Waals surface area contributed by atoms with E-state index in [9.17, 15) is 10.5 Å². The highest BCUT2D eigenvalue weighted by molar-refractivity contribution is 5.75. The number of nitriles is 2. The van der Waals surface area contributed by atoms with Crippen LogP contribution in [0.25, 0.3) is 11.8 Å². The van der Waals surface area contributed by atoms with Crippen LogP contribution in [0.5, 0.6) is 0 Å². The van der Waals surface area contributed by atoms with Crippen LogP contribution in [0, 0.1) is 22.7 Å². The van der Waals surface area contributed by atoms with Crippen molar-refractivity contribution in [1.82, 2.24) is 0 Å². The van der Waals surface area contributed by atoms with Crippen molar-refractivity contribution in [2.45, 2.75) is 65.7 Å². The van der Waals surface area contributed by atoms with Crippen LogP contribution in [-0.2, 0) is 15.6 Å². The van der Waals surface area contributed by atoms with Crippen molar-refractivity contribution in [3.63, 3.8) is 0 Å². The van der Waals surface area contributed by atoms with Crippen molar-refractivity contribution >= 4 is 17.5 Å². The minimum atomic E-state index is -0.0138. The van der Waals surface area contributed by atoms with Crippen molar-refractivity contribution in [2.24, 2.45) is 0 Å². The zero-order valence-corrected chi connectivity index (χ0v) is 23.6. The first-order valence-corrected chi connectivity index (χ1v) is 13.3. The van der Waals surface area contributed by atoms with Crippen LogP contribution in [0.1, 0.15) is 77.1 Å². The molecule has 0 radical (unpaired) electrons. The van der Waals surface area contributed by atoms with E-state index in [0.717, 1.165) is 36.2 Å². The minimum absolute atomic E-state index is 0.0138. The molecule has 0 saturated carbocycles. The molecule has 4 heteroatoms. The second-order valence-electron chi connectivity index (χ2n) is 11.7. The molecule has 2 aliphatic heterocycles. The summed E-state index contributed by atoms with van der Waals surface area (Å²) in [6, 6.07) is 18.5. The Morgan fingerprint density at radius 3 is 2.37 bits per heavy atom. The number of hydrogen-bond donors (Lipinski definition) is 0. The van der Waals surface area contributed by atoms with Crippen LogP contribution in [0.4, 0.5) is 5.69 Å². The lowest BCUT2D eigenvalue weighted by molar-refractivity contribution is 0.393. The second kappa shape index (κ2) is 10.4.